The molecule has 0 unspecified atom stereocenters. The number of aliphatic hydroxyl groups excluding tert-OH is 1. The van der Waals surface area contributed by atoms with E-state index in [1.807, 2.05) is 4.72 Å². The molecule has 156 valence electrons. The van der Waals surface area contributed by atoms with Crippen molar-refractivity contribution in [3.05, 3.63) is 0 Å². The van der Waals surface area contributed by atoms with Gasteiger partial charge < -0.3 is 30.2 Å². The van der Waals surface area contributed by atoms with E-state index in [2.05, 4.69) is 0 Å². The summed E-state index contributed by atoms with van der Waals surface area (Å²) in [4.78, 5) is 11.9. The fourth-order valence-corrected chi connectivity index (χ4v) is 2.93. The maximum atomic E-state index is 11.9. The van der Waals surface area contributed by atoms with Crippen LogP contribution in [0.1, 0.15) is 27.7 Å². The molecule has 0 bridgehead atoms. The summed E-state index contributed by atoms with van der Waals surface area (Å²) in [6.07, 6.45) is -4.58. The normalized spacial score (nSPS) is 29.7. The van der Waals surface area contributed by atoms with Gasteiger partial charge in [0.2, 0.25) is 0 Å². The molecule has 0 spiro atoms. The molecule has 1 saturated heterocycles. The minimum Gasteiger partial charge on any atom is -0.462 e. The predicted octanol–water partition coefficient (Wildman–Crippen LogP) is -0.364. The Hall–Kier alpha value is -0.860. The number of aliphatic hydroxyl groups is 1. The number of nitrogens with one attached hydrogen (secondary N) is 1. The van der Waals surface area contributed by atoms with Gasteiger partial charge in [0, 0.05) is 13.7 Å². The molecule has 1 fully saturated rings. The number of methoxy groups -OCH3 is 1. The van der Waals surface area contributed by atoms with E-state index in [9.17, 15) is 18.3 Å². The molecule has 1 aliphatic heterocycles. The van der Waals surface area contributed by atoms with Crippen molar-refractivity contribution >= 4 is 16.3 Å². The number of carbonyl (C=O) groups excluding carboxylic acids is 1. The molecular formula is C14H30N2O9S. The zero-order chi connectivity index (χ0) is 19.4. The summed E-state index contributed by atoms with van der Waals surface area (Å²) in [5.74, 6) is -0.511. The second-order valence-electron chi connectivity index (χ2n) is 6.66. The van der Waals surface area contributed by atoms with Gasteiger partial charge in [-0.25, -0.2) is 0 Å². The van der Waals surface area contributed by atoms with Crippen molar-refractivity contribution in [3.8, 4) is 0 Å². The molecule has 0 aromatic heterocycles. The Morgan fingerprint density at radius 3 is 2.31 bits per heavy atom. The van der Waals surface area contributed by atoms with Crippen molar-refractivity contribution in [2.45, 2.75) is 58.3 Å². The molecule has 5 atom stereocenters. The third-order valence-electron chi connectivity index (χ3n) is 3.55. The standard InChI is InChI=1S/C14H27NO9S.H3N/c1-6-22-11-9(15-25(18,19)20)10(16)8(24-12(11)21-5)7-23-13(17)14(2,3)4;/h8-12,15-16H,6-7H2,1-5H3,(H,18,19,20);1H3/t8-,9-,10-,11+,12+;/m1./s1. The monoisotopic (exact) mass is 402 g/mol. The minimum atomic E-state index is -4.63. The smallest absolute Gasteiger partial charge is 0.333 e. The molecule has 0 aliphatic carbocycles. The average molecular weight is 402 g/mol. The first-order valence-electron chi connectivity index (χ1n) is 7.80. The Morgan fingerprint density at radius 1 is 1.31 bits per heavy atom. The maximum absolute atomic E-state index is 11.9. The lowest BCUT2D eigenvalue weighted by atomic mass is 9.96. The summed E-state index contributed by atoms with van der Waals surface area (Å²) in [6.45, 7) is 6.53. The van der Waals surface area contributed by atoms with Gasteiger partial charge in [-0.1, -0.05) is 0 Å². The van der Waals surface area contributed by atoms with Gasteiger partial charge in [-0.05, 0) is 27.7 Å². The lowest BCUT2D eigenvalue weighted by Crippen LogP contribution is -2.65. The van der Waals surface area contributed by atoms with Crippen molar-refractivity contribution in [1.29, 1.82) is 0 Å². The number of rotatable bonds is 7. The molecule has 0 saturated carbocycles. The lowest BCUT2D eigenvalue weighted by molar-refractivity contribution is -0.279. The Morgan fingerprint density at radius 2 is 1.88 bits per heavy atom. The van der Waals surface area contributed by atoms with Crippen LogP contribution in [0.25, 0.3) is 0 Å². The molecule has 0 aromatic carbocycles. The van der Waals surface area contributed by atoms with Crippen LogP contribution in [0, 0.1) is 5.41 Å². The molecule has 12 heteroatoms. The first-order chi connectivity index (χ1) is 11.4. The third-order valence-corrected chi connectivity index (χ3v) is 4.12. The highest BCUT2D eigenvalue weighted by Crippen LogP contribution is 2.26. The van der Waals surface area contributed by atoms with E-state index in [-0.39, 0.29) is 19.4 Å². The molecule has 11 nitrogen and oxygen atoms in total. The van der Waals surface area contributed by atoms with Crippen LogP contribution >= 0.6 is 0 Å². The van der Waals surface area contributed by atoms with Crippen molar-refractivity contribution in [2.75, 3.05) is 20.3 Å². The van der Waals surface area contributed by atoms with E-state index < -0.39 is 52.3 Å². The number of hydrogen-bond acceptors (Lipinski definition) is 9. The van der Waals surface area contributed by atoms with Crippen LogP contribution in [-0.4, -0.2) is 75.0 Å². The highest BCUT2D eigenvalue weighted by Gasteiger charge is 2.48. The Balaban J connectivity index is 0.00000625. The molecule has 0 amide bonds. The number of hydrogen-bond donors (Lipinski definition) is 4. The van der Waals surface area contributed by atoms with Crippen molar-refractivity contribution < 1.29 is 41.8 Å². The minimum absolute atomic E-state index is 0. The van der Waals surface area contributed by atoms with Crippen LogP contribution in [-0.2, 0) is 34.0 Å². The molecule has 1 heterocycles. The van der Waals surface area contributed by atoms with Gasteiger partial charge in [-0.15, -0.1) is 0 Å². The van der Waals surface area contributed by atoms with E-state index in [4.69, 9.17) is 23.5 Å². The zero-order valence-corrected chi connectivity index (χ0v) is 16.5. The molecule has 1 aliphatic rings. The van der Waals surface area contributed by atoms with Crippen LogP contribution < -0.4 is 10.9 Å². The average Bonchev–Trinajstić information content (AvgIpc) is 2.47. The number of esters is 1. The van der Waals surface area contributed by atoms with E-state index in [0.717, 1.165) is 0 Å². The van der Waals surface area contributed by atoms with Gasteiger partial charge in [-0.2, -0.15) is 13.1 Å². The van der Waals surface area contributed by atoms with E-state index in [0.29, 0.717) is 0 Å². The van der Waals surface area contributed by atoms with Crippen molar-refractivity contribution in [3.63, 3.8) is 0 Å². The molecule has 1 rings (SSSR count). The van der Waals surface area contributed by atoms with Crippen molar-refractivity contribution in [2.24, 2.45) is 5.41 Å². The quantitative estimate of drug-likeness (QED) is 0.325. The SMILES string of the molecule is CCO[C@@H]1[C@@H](OC)O[C@H](COC(=O)C(C)(C)C)[C@@H](O)[C@H]1NS(=O)(=O)O.N. The second kappa shape index (κ2) is 9.90. The first-order valence-corrected chi connectivity index (χ1v) is 9.24. The number of ether oxygens (including phenoxy) is 4. The molecule has 26 heavy (non-hydrogen) atoms. The molecule has 6 N–H and O–H groups in total. The Bertz CT molecular complexity index is 549. The highest BCUT2D eigenvalue weighted by molar-refractivity contribution is 7.83. The van der Waals surface area contributed by atoms with Crippen molar-refractivity contribution in [1.82, 2.24) is 10.9 Å². The van der Waals surface area contributed by atoms with Gasteiger partial charge in [0.15, 0.2) is 6.29 Å². The maximum Gasteiger partial charge on any atom is 0.333 e. The second-order valence-corrected chi connectivity index (χ2v) is 7.84. The molecule has 0 radical (unpaired) electrons. The summed E-state index contributed by atoms with van der Waals surface area (Å²) in [5, 5.41) is 10.4. The summed E-state index contributed by atoms with van der Waals surface area (Å²) < 4.78 is 54.6. The fourth-order valence-electron chi connectivity index (χ4n) is 2.31. The number of carbonyl (C=O) groups is 1. The lowest BCUT2D eigenvalue weighted by Gasteiger charge is -2.43. The van der Waals surface area contributed by atoms with Gasteiger partial charge in [0.05, 0.1) is 11.5 Å². The van der Waals surface area contributed by atoms with Gasteiger partial charge in [-0.3, -0.25) is 9.35 Å². The molecule has 0 aromatic rings. The largest absolute Gasteiger partial charge is 0.462 e. The van der Waals surface area contributed by atoms with E-state index in [1.165, 1.54) is 7.11 Å². The van der Waals surface area contributed by atoms with Gasteiger partial charge in [0.25, 0.3) is 0 Å². The van der Waals surface area contributed by atoms with E-state index >= 15 is 0 Å². The van der Waals surface area contributed by atoms with Crippen LogP contribution in [0.15, 0.2) is 0 Å². The van der Waals surface area contributed by atoms with Crippen LogP contribution in [0.4, 0.5) is 0 Å². The van der Waals surface area contributed by atoms with Crippen LogP contribution in [0.5, 0.6) is 0 Å². The fraction of sp³-hybridized carbons (Fsp3) is 0.929. The summed E-state index contributed by atoms with van der Waals surface area (Å²) >= 11 is 0. The summed E-state index contributed by atoms with van der Waals surface area (Å²) in [6, 6.07) is -1.26. The van der Waals surface area contributed by atoms with Crippen LogP contribution in [0.2, 0.25) is 0 Å². The van der Waals surface area contributed by atoms with Crippen LogP contribution in [0.3, 0.4) is 0 Å². The Labute approximate surface area is 153 Å². The van der Waals surface area contributed by atoms with Gasteiger partial charge >= 0.3 is 16.3 Å². The zero-order valence-electron chi connectivity index (χ0n) is 15.7. The first kappa shape index (κ1) is 25.1. The Kier molecular flexibility index (Phi) is 9.57. The van der Waals surface area contributed by atoms with E-state index in [1.54, 1.807) is 27.7 Å². The summed E-state index contributed by atoms with van der Waals surface area (Å²) in [5.41, 5.74) is -0.750. The summed E-state index contributed by atoms with van der Waals surface area (Å²) in [7, 11) is -3.31. The predicted molar refractivity (Wildman–Crippen MR) is 91.0 cm³/mol. The topological polar surface area (TPSA) is 176 Å². The van der Waals surface area contributed by atoms with Gasteiger partial charge in [0.1, 0.15) is 24.9 Å². The molecular weight excluding hydrogens is 372 g/mol. The third kappa shape index (κ3) is 7.04. The highest BCUT2D eigenvalue weighted by atomic mass is 32.2.